The largest absolute Gasteiger partial charge is 0.314 e. The van der Waals surface area contributed by atoms with Gasteiger partial charge < -0.3 is 5.32 Å². The number of aromatic nitrogens is 1. The van der Waals surface area contributed by atoms with Crippen molar-refractivity contribution in [1.82, 2.24) is 15.2 Å². The summed E-state index contributed by atoms with van der Waals surface area (Å²) in [5.74, 6) is 0.953. The van der Waals surface area contributed by atoms with Gasteiger partial charge >= 0.3 is 0 Å². The summed E-state index contributed by atoms with van der Waals surface area (Å²) in [5.41, 5.74) is 1.16. The molecular weight excluding hydrogens is 218 g/mol. The molecule has 1 aliphatic carbocycles. The molecule has 2 heterocycles. The minimum Gasteiger partial charge on any atom is -0.314 e. The van der Waals surface area contributed by atoms with Crippen molar-refractivity contribution in [2.45, 2.75) is 32.4 Å². The average Bonchev–Trinajstić information content (AvgIpc) is 3.04. The van der Waals surface area contributed by atoms with E-state index in [4.69, 9.17) is 0 Å². The van der Waals surface area contributed by atoms with Crippen molar-refractivity contribution < 1.29 is 0 Å². The monoisotopic (exact) mass is 237 g/mol. The Kier molecular flexibility index (Phi) is 2.96. The molecule has 0 spiro atoms. The van der Waals surface area contributed by atoms with Crippen molar-refractivity contribution in [2.75, 3.05) is 19.6 Å². The van der Waals surface area contributed by atoms with Crippen molar-refractivity contribution in [3.05, 3.63) is 16.1 Å². The highest BCUT2D eigenvalue weighted by atomic mass is 32.1. The van der Waals surface area contributed by atoms with E-state index < -0.39 is 0 Å². The van der Waals surface area contributed by atoms with Gasteiger partial charge in [-0.25, -0.2) is 4.98 Å². The van der Waals surface area contributed by atoms with E-state index in [1.54, 1.807) is 11.3 Å². The summed E-state index contributed by atoms with van der Waals surface area (Å²) in [5, 5.41) is 6.96. The first-order chi connectivity index (χ1) is 7.83. The summed E-state index contributed by atoms with van der Waals surface area (Å²) >= 11 is 1.80. The molecule has 1 saturated carbocycles. The molecule has 16 heavy (non-hydrogen) atoms. The molecule has 1 aliphatic heterocycles. The van der Waals surface area contributed by atoms with Crippen molar-refractivity contribution in [1.29, 1.82) is 0 Å². The second kappa shape index (κ2) is 4.43. The Morgan fingerprint density at radius 2 is 2.44 bits per heavy atom. The zero-order valence-corrected chi connectivity index (χ0v) is 10.6. The molecule has 2 aliphatic rings. The summed E-state index contributed by atoms with van der Waals surface area (Å²) in [6, 6.07) is 0.762. The van der Waals surface area contributed by atoms with Crippen molar-refractivity contribution >= 4 is 11.3 Å². The quantitative estimate of drug-likeness (QED) is 0.866. The van der Waals surface area contributed by atoms with E-state index >= 15 is 0 Å². The number of nitrogens with one attached hydrogen (secondary N) is 1. The second-order valence-corrected chi connectivity index (χ2v) is 5.90. The van der Waals surface area contributed by atoms with Crippen LogP contribution in [0.4, 0.5) is 0 Å². The normalized spacial score (nSPS) is 27.2. The zero-order chi connectivity index (χ0) is 11.0. The number of hydrogen-bond acceptors (Lipinski definition) is 4. The first kappa shape index (κ1) is 10.7. The fourth-order valence-electron chi connectivity index (χ4n) is 2.56. The van der Waals surface area contributed by atoms with Gasteiger partial charge in [-0.05, 0) is 25.7 Å². The van der Waals surface area contributed by atoms with E-state index in [0.29, 0.717) is 0 Å². The van der Waals surface area contributed by atoms with Gasteiger partial charge in [0.1, 0.15) is 5.01 Å². The maximum atomic E-state index is 4.58. The summed E-state index contributed by atoms with van der Waals surface area (Å²) < 4.78 is 0. The lowest BCUT2D eigenvalue weighted by molar-refractivity contribution is 0.135. The Morgan fingerprint density at radius 3 is 3.12 bits per heavy atom. The predicted octanol–water partition coefficient (Wildman–Crippen LogP) is 1.64. The van der Waals surface area contributed by atoms with Crippen LogP contribution in [0.25, 0.3) is 0 Å². The molecule has 1 aromatic heterocycles. The molecule has 1 unspecified atom stereocenters. The van der Waals surface area contributed by atoms with Gasteiger partial charge in [0.25, 0.3) is 0 Å². The Hall–Kier alpha value is -0.450. The van der Waals surface area contributed by atoms with Crippen LogP contribution in [0.3, 0.4) is 0 Å². The van der Waals surface area contributed by atoms with Crippen molar-refractivity contribution in [3.63, 3.8) is 0 Å². The Morgan fingerprint density at radius 1 is 1.56 bits per heavy atom. The summed E-state index contributed by atoms with van der Waals surface area (Å²) in [7, 11) is 0. The smallest absolute Gasteiger partial charge is 0.107 e. The number of aryl methyl sites for hydroxylation is 1. The Labute approximate surface area is 101 Å². The molecule has 0 radical (unpaired) electrons. The second-order valence-electron chi connectivity index (χ2n) is 4.96. The number of rotatable bonds is 3. The number of hydrogen-bond donors (Lipinski definition) is 1. The molecule has 3 nitrogen and oxygen atoms in total. The van der Waals surface area contributed by atoms with E-state index in [1.165, 1.54) is 30.9 Å². The van der Waals surface area contributed by atoms with Gasteiger partial charge in [0, 0.05) is 36.8 Å². The molecule has 88 valence electrons. The highest BCUT2D eigenvalue weighted by Crippen LogP contribution is 2.36. The predicted molar refractivity (Wildman–Crippen MR) is 66.6 cm³/mol. The molecule has 3 rings (SSSR count). The molecular formula is C12H19N3S. The van der Waals surface area contributed by atoms with Crippen LogP contribution in [0.5, 0.6) is 0 Å². The van der Waals surface area contributed by atoms with Gasteiger partial charge in [-0.2, -0.15) is 0 Å². The Bertz CT molecular complexity index is 359. The third-order valence-corrected chi connectivity index (χ3v) is 4.52. The van der Waals surface area contributed by atoms with Gasteiger partial charge in [-0.1, -0.05) is 0 Å². The fraction of sp³-hybridized carbons (Fsp3) is 0.750. The van der Waals surface area contributed by atoms with Crippen LogP contribution in [-0.2, 0) is 6.54 Å². The van der Waals surface area contributed by atoms with Crippen LogP contribution in [0.1, 0.15) is 23.5 Å². The number of thiazole rings is 1. The van der Waals surface area contributed by atoms with Gasteiger partial charge in [-0.3, -0.25) is 4.90 Å². The summed E-state index contributed by atoms with van der Waals surface area (Å²) in [4.78, 5) is 7.21. The minimum absolute atomic E-state index is 0.762. The third kappa shape index (κ3) is 2.29. The van der Waals surface area contributed by atoms with E-state index in [1.807, 2.05) is 0 Å². The maximum absolute atomic E-state index is 4.58. The van der Waals surface area contributed by atoms with Gasteiger partial charge in [0.2, 0.25) is 0 Å². The molecule has 2 fully saturated rings. The van der Waals surface area contributed by atoms with Crippen molar-refractivity contribution in [2.24, 2.45) is 5.92 Å². The van der Waals surface area contributed by atoms with E-state index in [0.717, 1.165) is 30.7 Å². The van der Waals surface area contributed by atoms with Gasteiger partial charge in [-0.15, -0.1) is 11.3 Å². The molecule has 0 aromatic carbocycles. The molecule has 0 amide bonds. The molecule has 1 atom stereocenters. The molecule has 4 heteroatoms. The summed E-state index contributed by atoms with van der Waals surface area (Å²) in [6.45, 7) is 6.62. The number of nitrogens with zero attached hydrogens (tertiary/aromatic N) is 2. The van der Waals surface area contributed by atoms with Crippen LogP contribution in [-0.4, -0.2) is 35.6 Å². The average molecular weight is 237 g/mol. The highest BCUT2D eigenvalue weighted by Gasteiger charge is 2.36. The molecule has 1 aromatic rings. The summed E-state index contributed by atoms with van der Waals surface area (Å²) in [6.07, 6.45) is 2.86. The lowest BCUT2D eigenvalue weighted by Crippen LogP contribution is -2.51. The highest BCUT2D eigenvalue weighted by molar-refractivity contribution is 7.09. The lowest BCUT2D eigenvalue weighted by Gasteiger charge is -2.35. The van der Waals surface area contributed by atoms with Gasteiger partial charge in [0.15, 0.2) is 0 Å². The molecule has 0 bridgehead atoms. The first-order valence-corrected chi connectivity index (χ1v) is 7.06. The zero-order valence-electron chi connectivity index (χ0n) is 9.78. The first-order valence-electron chi connectivity index (χ1n) is 6.19. The molecule has 1 saturated heterocycles. The SMILES string of the molecule is Cc1csc(CN2CCNCC2C2CC2)n1. The van der Waals surface area contributed by atoms with Crippen LogP contribution in [0.15, 0.2) is 5.38 Å². The Balaban J connectivity index is 1.67. The number of piperazine rings is 1. The maximum Gasteiger partial charge on any atom is 0.107 e. The van der Waals surface area contributed by atoms with Crippen LogP contribution in [0, 0.1) is 12.8 Å². The van der Waals surface area contributed by atoms with Crippen LogP contribution >= 0.6 is 11.3 Å². The fourth-order valence-corrected chi connectivity index (χ4v) is 3.36. The standard InChI is InChI=1S/C12H19N3S/c1-9-8-16-12(14-9)7-15-5-4-13-6-11(15)10-2-3-10/h8,10-11,13H,2-7H2,1H3. The van der Waals surface area contributed by atoms with E-state index in [9.17, 15) is 0 Å². The van der Waals surface area contributed by atoms with E-state index in [-0.39, 0.29) is 0 Å². The third-order valence-electron chi connectivity index (χ3n) is 3.57. The van der Waals surface area contributed by atoms with Crippen LogP contribution < -0.4 is 5.32 Å². The van der Waals surface area contributed by atoms with Crippen molar-refractivity contribution in [3.8, 4) is 0 Å². The molecule has 1 N–H and O–H groups in total. The van der Waals surface area contributed by atoms with Crippen LogP contribution in [0.2, 0.25) is 0 Å². The topological polar surface area (TPSA) is 28.2 Å². The van der Waals surface area contributed by atoms with E-state index in [2.05, 4.69) is 27.5 Å². The lowest BCUT2D eigenvalue weighted by atomic mass is 10.1. The minimum atomic E-state index is 0.762. The van der Waals surface area contributed by atoms with Gasteiger partial charge in [0.05, 0.1) is 6.54 Å².